The van der Waals surface area contributed by atoms with Gasteiger partial charge >= 0.3 is 5.97 Å². The maximum atomic E-state index is 12.0. The molecule has 0 heterocycles. The van der Waals surface area contributed by atoms with E-state index in [-0.39, 0.29) is 19.3 Å². The highest BCUT2D eigenvalue weighted by molar-refractivity contribution is 7.85. The number of hydrogen-bond acceptors (Lipinski definition) is 5. The van der Waals surface area contributed by atoms with Crippen LogP contribution in [0.1, 0.15) is 18.4 Å². The zero-order chi connectivity index (χ0) is 17.5. The third kappa shape index (κ3) is 8.29. The Labute approximate surface area is 134 Å². The molecule has 0 unspecified atom stereocenters. The van der Waals surface area contributed by atoms with Crippen LogP contribution in [0.4, 0.5) is 0 Å². The van der Waals surface area contributed by atoms with Crippen LogP contribution in [-0.2, 0) is 26.1 Å². The lowest BCUT2D eigenvalue weighted by molar-refractivity contribution is -0.137. The van der Waals surface area contributed by atoms with Gasteiger partial charge in [0.1, 0.15) is 0 Å². The third-order valence-corrected chi connectivity index (χ3v) is 3.92. The van der Waals surface area contributed by atoms with Gasteiger partial charge in [0, 0.05) is 12.5 Å². The lowest BCUT2D eigenvalue weighted by Gasteiger charge is -2.19. The Morgan fingerprint density at radius 2 is 1.83 bits per heavy atom. The SMILES string of the molecule is N[C@@H](Cc1ccccc1)C(=O)N[C@@H](CCC(=O)O)CS(=O)(=O)O. The van der Waals surface area contributed by atoms with E-state index in [1.165, 1.54) is 0 Å². The largest absolute Gasteiger partial charge is 0.481 e. The van der Waals surface area contributed by atoms with Crippen molar-refractivity contribution in [3.05, 3.63) is 35.9 Å². The highest BCUT2D eigenvalue weighted by Crippen LogP contribution is 2.05. The first-order valence-electron chi connectivity index (χ1n) is 6.94. The van der Waals surface area contributed by atoms with E-state index in [0.29, 0.717) is 0 Å². The Hall–Kier alpha value is -1.97. The van der Waals surface area contributed by atoms with Crippen LogP contribution in [-0.4, -0.2) is 47.8 Å². The molecule has 0 saturated heterocycles. The molecule has 0 aliphatic carbocycles. The maximum Gasteiger partial charge on any atom is 0.303 e. The Morgan fingerprint density at radius 3 is 2.35 bits per heavy atom. The summed E-state index contributed by atoms with van der Waals surface area (Å²) >= 11 is 0. The van der Waals surface area contributed by atoms with Crippen molar-refractivity contribution in [1.29, 1.82) is 0 Å². The molecule has 128 valence electrons. The molecule has 0 saturated carbocycles. The molecule has 0 aliphatic heterocycles. The maximum absolute atomic E-state index is 12.0. The van der Waals surface area contributed by atoms with Crippen LogP contribution in [0, 0.1) is 0 Å². The van der Waals surface area contributed by atoms with Crippen molar-refractivity contribution in [2.45, 2.75) is 31.3 Å². The molecule has 9 heteroatoms. The zero-order valence-corrected chi connectivity index (χ0v) is 13.2. The summed E-state index contributed by atoms with van der Waals surface area (Å²) in [6.45, 7) is 0. The van der Waals surface area contributed by atoms with Crippen LogP contribution >= 0.6 is 0 Å². The van der Waals surface area contributed by atoms with Gasteiger partial charge in [0.2, 0.25) is 5.91 Å². The van der Waals surface area contributed by atoms with Crippen LogP contribution in [0.5, 0.6) is 0 Å². The number of carboxylic acid groups (broad SMARTS) is 1. The van der Waals surface area contributed by atoms with Crippen LogP contribution in [0.25, 0.3) is 0 Å². The molecule has 1 rings (SSSR count). The Bertz CT molecular complexity index is 632. The fourth-order valence-corrected chi connectivity index (χ4v) is 2.78. The smallest absolute Gasteiger partial charge is 0.303 e. The van der Waals surface area contributed by atoms with Crippen LogP contribution in [0.15, 0.2) is 30.3 Å². The lowest BCUT2D eigenvalue weighted by atomic mass is 10.1. The number of hydrogen-bond donors (Lipinski definition) is 4. The molecule has 1 amide bonds. The second kappa shape index (κ2) is 8.61. The molecule has 0 aliphatic rings. The van der Waals surface area contributed by atoms with Crippen molar-refractivity contribution in [3.8, 4) is 0 Å². The van der Waals surface area contributed by atoms with Crippen molar-refractivity contribution < 1.29 is 27.7 Å². The van der Waals surface area contributed by atoms with E-state index in [2.05, 4.69) is 5.32 Å². The Kier molecular flexibility index (Phi) is 7.14. The average Bonchev–Trinajstić information content (AvgIpc) is 2.44. The van der Waals surface area contributed by atoms with Gasteiger partial charge in [-0.05, 0) is 18.4 Å². The minimum Gasteiger partial charge on any atom is -0.481 e. The van der Waals surface area contributed by atoms with E-state index in [1.807, 2.05) is 6.07 Å². The summed E-state index contributed by atoms with van der Waals surface area (Å²) in [4.78, 5) is 22.6. The van der Waals surface area contributed by atoms with Gasteiger partial charge in [-0.3, -0.25) is 14.1 Å². The number of carbonyl (C=O) groups excluding carboxylic acids is 1. The van der Waals surface area contributed by atoms with E-state index in [9.17, 15) is 18.0 Å². The second-order valence-corrected chi connectivity index (χ2v) is 6.68. The first kappa shape index (κ1) is 19.1. The van der Waals surface area contributed by atoms with Gasteiger partial charge in [-0.15, -0.1) is 0 Å². The van der Waals surface area contributed by atoms with Crippen LogP contribution < -0.4 is 11.1 Å². The summed E-state index contributed by atoms with van der Waals surface area (Å²) in [5, 5.41) is 11.0. The van der Waals surface area contributed by atoms with Crippen molar-refractivity contribution in [1.82, 2.24) is 5.32 Å². The molecular formula is C14H20N2O6S. The van der Waals surface area contributed by atoms with Gasteiger partial charge in [-0.1, -0.05) is 30.3 Å². The van der Waals surface area contributed by atoms with E-state index in [4.69, 9.17) is 15.4 Å². The standard InChI is InChI=1S/C14H20N2O6S/c15-12(8-10-4-2-1-3-5-10)14(19)16-11(6-7-13(17)18)9-23(20,21)22/h1-5,11-12H,6-9,15H2,(H,16,19)(H,17,18)(H,20,21,22)/t11-,12-/m0/s1. The predicted molar refractivity (Wildman–Crippen MR) is 83.3 cm³/mol. The van der Waals surface area contributed by atoms with Gasteiger partial charge in [0.25, 0.3) is 10.1 Å². The summed E-state index contributed by atoms with van der Waals surface area (Å²) in [6, 6.07) is 7.09. The quantitative estimate of drug-likeness (QED) is 0.453. The van der Waals surface area contributed by atoms with Gasteiger partial charge in [-0.2, -0.15) is 8.42 Å². The minimum atomic E-state index is -4.35. The third-order valence-electron chi connectivity index (χ3n) is 3.10. The number of nitrogens with two attached hydrogens (primary N) is 1. The molecule has 8 nitrogen and oxygen atoms in total. The summed E-state index contributed by atoms with van der Waals surface area (Å²) in [5.41, 5.74) is 6.62. The van der Waals surface area contributed by atoms with Crippen molar-refractivity contribution in [2.24, 2.45) is 5.73 Å². The fourth-order valence-electron chi connectivity index (χ4n) is 2.02. The molecule has 23 heavy (non-hydrogen) atoms. The molecule has 1 aromatic rings. The zero-order valence-electron chi connectivity index (χ0n) is 12.4. The molecular weight excluding hydrogens is 324 g/mol. The highest BCUT2D eigenvalue weighted by atomic mass is 32.2. The lowest BCUT2D eigenvalue weighted by Crippen LogP contribution is -2.48. The summed E-state index contributed by atoms with van der Waals surface area (Å²) in [6.07, 6.45) is -0.211. The first-order chi connectivity index (χ1) is 10.7. The summed E-state index contributed by atoms with van der Waals surface area (Å²) < 4.78 is 30.8. The highest BCUT2D eigenvalue weighted by Gasteiger charge is 2.23. The number of carbonyl (C=O) groups is 2. The number of amides is 1. The number of rotatable bonds is 9. The Morgan fingerprint density at radius 1 is 1.22 bits per heavy atom. The number of carboxylic acids is 1. The van der Waals surface area contributed by atoms with Gasteiger partial charge in [0.15, 0.2) is 0 Å². The minimum absolute atomic E-state index is 0.126. The van der Waals surface area contributed by atoms with Crippen molar-refractivity contribution in [2.75, 3.05) is 5.75 Å². The Balaban J connectivity index is 2.65. The molecule has 0 radical (unpaired) electrons. The molecule has 0 spiro atoms. The van der Waals surface area contributed by atoms with Crippen LogP contribution in [0.3, 0.4) is 0 Å². The van der Waals surface area contributed by atoms with Crippen molar-refractivity contribution >= 4 is 22.0 Å². The topological polar surface area (TPSA) is 147 Å². The first-order valence-corrected chi connectivity index (χ1v) is 8.55. The number of nitrogens with one attached hydrogen (secondary N) is 1. The molecule has 1 aromatic carbocycles. The molecule has 0 bridgehead atoms. The monoisotopic (exact) mass is 344 g/mol. The van der Waals surface area contributed by atoms with E-state index in [1.54, 1.807) is 24.3 Å². The van der Waals surface area contributed by atoms with E-state index in [0.717, 1.165) is 5.56 Å². The molecule has 5 N–H and O–H groups in total. The molecule has 0 aromatic heterocycles. The van der Waals surface area contributed by atoms with Gasteiger partial charge in [-0.25, -0.2) is 0 Å². The van der Waals surface area contributed by atoms with Crippen molar-refractivity contribution in [3.63, 3.8) is 0 Å². The summed E-state index contributed by atoms with van der Waals surface area (Å²) in [5.74, 6) is -2.49. The van der Waals surface area contributed by atoms with E-state index >= 15 is 0 Å². The van der Waals surface area contributed by atoms with E-state index < -0.39 is 39.8 Å². The second-order valence-electron chi connectivity index (χ2n) is 5.18. The van der Waals surface area contributed by atoms with Gasteiger partial charge in [0.05, 0.1) is 11.8 Å². The average molecular weight is 344 g/mol. The molecule has 0 fully saturated rings. The van der Waals surface area contributed by atoms with Gasteiger partial charge < -0.3 is 16.2 Å². The molecule has 2 atom stereocenters. The van der Waals surface area contributed by atoms with Crippen LogP contribution in [0.2, 0.25) is 0 Å². The normalized spacial score (nSPS) is 14.0. The predicted octanol–water partition coefficient (Wildman–Crippen LogP) is -0.206. The fraction of sp³-hybridized carbons (Fsp3) is 0.429. The summed E-state index contributed by atoms with van der Waals surface area (Å²) in [7, 11) is -4.35. The number of benzene rings is 1. The number of aliphatic carboxylic acids is 1.